The first kappa shape index (κ1) is 12.4. The van der Waals surface area contributed by atoms with Gasteiger partial charge in [-0.25, -0.2) is 0 Å². The third-order valence-electron chi connectivity index (χ3n) is 2.19. The molecule has 88 valence electrons. The predicted octanol–water partition coefficient (Wildman–Crippen LogP) is 1.51. The molecule has 1 aromatic carbocycles. The number of carbonyl (C=O) groups excluding carboxylic acids is 1. The van der Waals surface area contributed by atoms with Gasteiger partial charge >= 0.3 is 0 Å². The number of hydrogen-bond donors (Lipinski definition) is 1. The minimum Gasteiger partial charge on any atom is -0.493 e. The molecule has 1 amide bonds. The largest absolute Gasteiger partial charge is 0.493 e. The van der Waals surface area contributed by atoms with Gasteiger partial charge in [0.1, 0.15) is 0 Å². The Labute approximate surface area is 95.3 Å². The summed E-state index contributed by atoms with van der Waals surface area (Å²) in [7, 11) is 1.59. The molecule has 1 aromatic rings. The van der Waals surface area contributed by atoms with Crippen LogP contribution in [0.3, 0.4) is 0 Å². The number of carbonyl (C=O) groups is 1. The lowest BCUT2D eigenvalue weighted by Gasteiger charge is -2.10. The molecule has 0 aliphatic carbocycles. The molecule has 0 heterocycles. The average molecular weight is 223 g/mol. The first-order valence-electron chi connectivity index (χ1n) is 5.25. The van der Waals surface area contributed by atoms with Crippen molar-refractivity contribution in [1.29, 1.82) is 0 Å². The van der Waals surface area contributed by atoms with Gasteiger partial charge in [-0.05, 0) is 31.0 Å². The van der Waals surface area contributed by atoms with E-state index in [1.807, 2.05) is 25.1 Å². The van der Waals surface area contributed by atoms with Gasteiger partial charge in [0.05, 0.1) is 13.7 Å². The smallest absolute Gasteiger partial charge is 0.217 e. The van der Waals surface area contributed by atoms with Gasteiger partial charge in [0.2, 0.25) is 5.91 Å². The van der Waals surface area contributed by atoms with Crippen LogP contribution in [-0.4, -0.2) is 19.6 Å². The highest BCUT2D eigenvalue weighted by molar-refractivity contribution is 5.74. The fraction of sp³-hybridized carbons (Fsp3) is 0.417. The van der Waals surface area contributed by atoms with Crippen LogP contribution in [0.5, 0.6) is 11.5 Å². The van der Waals surface area contributed by atoms with Crippen molar-refractivity contribution in [3.05, 3.63) is 23.8 Å². The maximum atomic E-state index is 10.7. The average Bonchev–Trinajstić information content (AvgIpc) is 2.28. The summed E-state index contributed by atoms with van der Waals surface area (Å²) in [6, 6.07) is 5.63. The number of aryl methyl sites for hydroxylation is 1. The summed E-state index contributed by atoms with van der Waals surface area (Å²) >= 11 is 0. The summed E-state index contributed by atoms with van der Waals surface area (Å²) in [6.45, 7) is 2.51. The molecule has 0 spiro atoms. The van der Waals surface area contributed by atoms with E-state index in [1.54, 1.807) is 7.11 Å². The zero-order valence-electron chi connectivity index (χ0n) is 9.66. The highest BCUT2D eigenvalue weighted by Gasteiger charge is 2.05. The van der Waals surface area contributed by atoms with Crippen molar-refractivity contribution in [2.24, 2.45) is 5.73 Å². The van der Waals surface area contributed by atoms with Gasteiger partial charge in [-0.15, -0.1) is 0 Å². The Morgan fingerprint density at radius 2 is 2.12 bits per heavy atom. The molecule has 0 radical (unpaired) electrons. The molecule has 4 heteroatoms. The number of benzene rings is 1. The third-order valence-corrected chi connectivity index (χ3v) is 2.19. The van der Waals surface area contributed by atoms with E-state index in [0.29, 0.717) is 30.9 Å². The van der Waals surface area contributed by atoms with E-state index >= 15 is 0 Å². The number of rotatable bonds is 6. The van der Waals surface area contributed by atoms with Crippen LogP contribution in [-0.2, 0) is 11.2 Å². The molecule has 0 bridgehead atoms. The minimum atomic E-state index is -0.298. The van der Waals surface area contributed by atoms with Crippen molar-refractivity contribution >= 4 is 5.91 Å². The number of primary amides is 1. The molecule has 16 heavy (non-hydrogen) atoms. The summed E-state index contributed by atoms with van der Waals surface area (Å²) in [5, 5.41) is 0. The van der Waals surface area contributed by atoms with E-state index in [9.17, 15) is 4.79 Å². The van der Waals surface area contributed by atoms with Crippen molar-refractivity contribution in [3.63, 3.8) is 0 Å². The Kier molecular flexibility index (Phi) is 4.64. The van der Waals surface area contributed by atoms with Crippen molar-refractivity contribution in [3.8, 4) is 11.5 Å². The van der Waals surface area contributed by atoms with Crippen LogP contribution in [0.1, 0.15) is 18.9 Å². The summed E-state index contributed by atoms with van der Waals surface area (Å²) < 4.78 is 10.6. The lowest BCUT2D eigenvalue weighted by Crippen LogP contribution is -2.11. The Morgan fingerprint density at radius 3 is 2.69 bits per heavy atom. The van der Waals surface area contributed by atoms with Gasteiger partial charge in [-0.2, -0.15) is 0 Å². The Balaban J connectivity index is 2.77. The van der Waals surface area contributed by atoms with E-state index in [-0.39, 0.29) is 5.91 Å². The molecule has 0 atom stereocenters. The molecule has 0 aliphatic rings. The van der Waals surface area contributed by atoms with Crippen molar-refractivity contribution < 1.29 is 14.3 Å². The number of hydrogen-bond acceptors (Lipinski definition) is 3. The zero-order chi connectivity index (χ0) is 12.0. The van der Waals surface area contributed by atoms with E-state index in [2.05, 4.69) is 0 Å². The van der Waals surface area contributed by atoms with Crippen LogP contribution >= 0.6 is 0 Å². The normalized spacial score (nSPS) is 9.88. The lowest BCUT2D eigenvalue weighted by atomic mass is 10.1. The fourth-order valence-electron chi connectivity index (χ4n) is 1.41. The van der Waals surface area contributed by atoms with E-state index < -0.39 is 0 Å². The zero-order valence-corrected chi connectivity index (χ0v) is 9.66. The second-order valence-corrected chi connectivity index (χ2v) is 3.38. The maximum Gasteiger partial charge on any atom is 0.217 e. The summed E-state index contributed by atoms with van der Waals surface area (Å²) in [5.41, 5.74) is 6.11. The fourth-order valence-corrected chi connectivity index (χ4v) is 1.41. The number of nitrogens with two attached hydrogens (primary N) is 1. The van der Waals surface area contributed by atoms with Crippen LogP contribution in [0.15, 0.2) is 18.2 Å². The second-order valence-electron chi connectivity index (χ2n) is 3.38. The summed E-state index contributed by atoms with van der Waals surface area (Å²) in [4.78, 5) is 10.7. The molecule has 2 N–H and O–H groups in total. The van der Waals surface area contributed by atoms with Crippen molar-refractivity contribution in [1.82, 2.24) is 0 Å². The summed E-state index contributed by atoms with van der Waals surface area (Å²) in [6.07, 6.45) is 0.967. The quantitative estimate of drug-likeness (QED) is 0.795. The molecule has 0 aromatic heterocycles. The Bertz CT molecular complexity index is 363. The van der Waals surface area contributed by atoms with Crippen LogP contribution in [0.25, 0.3) is 0 Å². The van der Waals surface area contributed by atoms with Crippen molar-refractivity contribution in [2.75, 3.05) is 13.7 Å². The Morgan fingerprint density at radius 1 is 1.38 bits per heavy atom. The van der Waals surface area contributed by atoms with Crippen LogP contribution in [0, 0.1) is 0 Å². The SMILES string of the molecule is CCOc1ccc(CCC(N)=O)cc1OC. The molecule has 0 fully saturated rings. The molecule has 1 rings (SSSR count). The van der Waals surface area contributed by atoms with Crippen LogP contribution in [0.4, 0.5) is 0 Å². The highest BCUT2D eigenvalue weighted by Crippen LogP contribution is 2.28. The number of methoxy groups -OCH3 is 1. The van der Waals surface area contributed by atoms with E-state index in [4.69, 9.17) is 15.2 Å². The maximum absolute atomic E-state index is 10.7. The van der Waals surface area contributed by atoms with E-state index in [1.165, 1.54) is 0 Å². The molecule has 0 unspecified atom stereocenters. The molecule has 0 saturated heterocycles. The first-order valence-corrected chi connectivity index (χ1v) is 5.25. The molecule has 0 saturated carbocycles. The van der Waals surface area contributed by atoms with Crippen molar-refractivity contribution in [2.45, 2.75) is 19.8 Å². The topological polar surface area (TPSA) is 61.5 Å². The number of amides is 1. The molecule has 4 nitrogen and oxygen atoms in total. The van der Waals surface area contributed by atoms with Gasteiger partial charge in [-0.1, -0.05) is 6.07 Å². The summed E-state index contributed by atoms with van der Waals surface area (Å²) in [5.74, 6) is 1.10. The highest BCUT2D eigenvalue weighted by atomic mass is 16.5. The van der Waals surface area contributed by atoms with Gasteiger partial charge < -0.3 is 15.2 Å². The van der Waals surface area contributed by atoms with Gasteiger partial charge in [-0.3, -0.25) is 4.79 Å². The minimum absolute atomic E-state index is 0.298. The van der Waals surface area contributed by atoms with Gasteiger partial charge in [0, 0.05) is 6.42 Å². The Hall–Kier alpha value is -1.71. The van der Waals surface area contributed by atoms with Gasteiger partial charge in [0.25, 0.3) is 0 Å². The standard InChI is InChI=1S/C12H17NO3/c1-3-16-10-6-4-9(5-7-12(13)14)8-11(10)15-2/h4,6,8H,3,5,7H2,1-2H3,(H2,13,14). The third kappa shape index (κ3) is 3.46. The van der Waals surface area contributed by atoms with Crippen LogP contribution in [0.2, 0.25) is 0 Å². The van der Waals surface area contributed by atoms with Gasteiger partial charge in [0.15, 0.2) is 11.5 Å². The van der Waals surface area contributed by atoms with E-state index in [0.717, 1.165) is 5.56 Å². The first-order chi connectivity index (χ1) is 7.67. The molecular weight excluding hydrogens is 206 g/mol. The predicted molar refractivity (Wildman–Crippen MR) is 61.7 cm³/mol. The van der Waals surface area contributed by atoms with Crippen LogP contribution < -0.4 is 15.2 Å². The number of ether oxygens (including phenoxy) is 2. The lowest BCUT2D eigenvalue weighted by molar-refractivity contribution is -0.117. The molecule has 0 aliphatic heterocycles. The second kappa shape index (κ2) is 6.00. The molecular formula is C12H17NO3. The monoisotopic (exact) mass is 223 g/mol.